The van der Waals surface area contributed by atoms with Crippen LogP contribution < -0.4 is 9.64 Å². The molecule has 0 aliphatic heterocycles. The van der Waals surface area contributed by atoms with Gasteiger partial charge >= 0.3 is 0 Å². The largest absolute Gasteiger partial charge is 0.497 e. The van der Waals surface area contributed by atoms with Crippen molar-refractivity contribution in [3.05, 3.63) is 66.4 Å². The van der Waals surface area contributed by atoms with E-state index in [1.807, 2.05) is 59.5 Å². The van der Waals surface area contributed by atoms with Gasteiger partial charge in [-0.05, 0) is 49.9 Å². The van der Waals surface area contributed by atoms with Crippen LogP contribution in [0.3, 0.4) is 0 Å². The summed E-state index contributed by atoms with van der Waals surface area (Å²) in [6, 6.07) is 19.1. The number of carbonyl (C=O) groups is 1. The molecule has 0 spiro atoms. The Morgan fingerprint density at radius 3 is 2.48 bits per heavy atom. The first kappa shape index (κ1) is 17.3. The first-order valence-electron chi connectivity index (χ1n) is 9.17. The molecule has 3 aromatic rings. The molecule has 1 heterocycles. The van der Waals surface area contributed by atoms with Gasteiger partial charge in [0.25, 0.3) is 5.91 Å². The van der Waals surface area contributed by atoms with Gasteiger partial charge in [-0.3, -0.25) is 4.79 Å². The third-order valence-electron chi connectivity index (χ3n) is 5.07. The highest BCUT2D eigenvalue weighted by Gasteiger charge is 2.36. The highest BCUT2D eigenvalue weighted by Crippen LogP contribution is 2.38. The van der Waals surface area contributed by atoms with Crippen LogP contribution in [0.5, 0.6) is 5.75 Å². The summed E-state index contributed by atoms with van der Waals surface area (Å²) in [5, 5.41) is 4.09. The van der Waals surface area contributed by atoms with Crippen LogP contribution in [-0.4, -0.2) is 24.2 Å². The molecule has 1 atom stereocenters. The van der Waals surface area contributed by atoms with Crippen LogP contribution in [0.25, 0.3) is 11.3 Å². The maximum atomic E-state index is 13.3. The van der Waals surface area contributed by atoms with Crippen molar-refractivity contribution >= 4 is 11.6 Å². The van der Waals surface area contributed by atoms with E-state index in [4.69, 9.17) is 9.26 Å². The Labute approximate surface area is 158 Å². The van der Waals surface area contributed by atoms with Gasteiger partial charge in [-0.2, -0.15) is 0 Å². The topological polar surface area (TPSA) is 55.6 Å². The average Bonchev–Trinajstić information content (AvgIpc) is 3.45. The molecule has 1 saturated carbocycles. The van der Waals surface area contributed by atoms with Crippen molar-refractivity contribution in [2.45, 2.75) is 25.8 Å². The monoisotopic (exact) mass is 362 g/mol. The molecular weight excluding hydrogens is 340 g/mol. The van der Waals surface area contributed by atoms with Crippen LogP contribution in [-0.2, 0) is 0 Å². The summed E-state index contributed by atoms with van der Waals surface area (Å²) < 4.78 is 10.6. The standard InChI is InChI=1S/C22H22N2O3/c1-15(16-8-9-16)24(18-10-12-19(26-2)13-11-18)22(25)21-14-20(23-27-21)17-6-4-3-5-7-17/h3-7,10-16H,8-9H2,1-2H3. The Bertz CT molecular complexity index is 914. The number of methoxy groups -OCH3 is 1. The lowest BCUT2D eigenvalue weighted by molar-refractivity contribution is 0.0940. The van der Waals surface area contributed by atoms with E-state index in [0.717, 1.165) is 29.8 Å². The Morgan fingerprint density at radius 1 is 1.15 bits per heavy atom. The number of anilines is 1. The van der Waals surface area contributed by atoms with Crippen LogP contribution in [0.1, 0.15) is 30.3 Å². The van der Waals surface area contributed by atoms with Crippen LogP contribution in [0.15, 0.2) is 65.2 Å². The van der Waals surface area contributed by atoms with Crippen molar-refractivity contribution in [2.75, 3.05) is 12.0 Å². The van der Waals surface area contributed by atoms with E-state index < -0.39 is 0 Å². The molecule has 138 valence electrons. The fourth-order valence-electron chi connectivity index (χ4n) is 3.31. The Hall–Kier alpha value is -3.08. The highest BCUT2D eigenvalue weighted by molar-refractivity contribution is 6.05. The van der Waals surface area contributed by atoms with Gasteiger partial charge in [0, 0.05) is 23.4 Å². The number of carbonyl (C=O) groups excluding carboxylic acids is 1. The van der Waals surface area contributed by atoms with Crippen molar-refractivity contribution < 1.29 is 14.1 Å². The van der Waals surface area contributed by atoms with Gasteiger partial charge in [-0.15, -0.1) is 0 Å². The molecule has 1 aliphatic carbocycles. The average molecular weight is 362 g/mol. The summed E-state index contributed by atoms with van der Waals surface area (Å²) in [7, 11) is 1.63. The Kier molecular flexibility index (Phi) is 4.67. The number of ether oxygens (including phenoxy) is 1. The summed E-state index contributed by atoms with van der Waals surface area (Å²) in [6.45, 7) is 2.09. The molecule has 1 aliphatic rings. The van der Waals surface area contributed by atoms with Gasteiger partial charge in [0.1, 0.15) is 11.4 Å². The third kappa shape index (κ3) is 3.58. The Morgan fingerprint density at radius 2 is 1.85 bits per heavy atom. The molecule has 4 rings (SSSR count). The van der Waals surface area contributed by atoms with Crippen LogP contribution >= 0.6 is 0 Å². The quantitative estimate of drug-likeness (QED) is 0.632. The number of nitrogens with zero attached hydrogens (tertiary/aromatic N) is 2. The first-order chi connectivity index (χ1) is 13.2. The molecule has 0 radical (unpaired) electrons. The van der Waals surface area contributed by atoms with E-state index in [1.165, 1.54) is 0 Å². The van der Waals surface area contributed by atoms with Gasteiger partial charge in [0.15, 0.2) is 0 Å². The molecule has 27 heavy (non-hydrogen) atoms. The van der Waals surface area contributed by atoms with Gasteiger partial charge < -0.3 is 14.2 Å². The zero-order valence-corrected chi connectivity index (χ0v) is 15.5. The molecule has 1 amide bonds. The van der Waals surface area contributed by atoms with E-state index in [-0.39, 0.29) is 17.7 Å². The lowest BCUT2D eigenvalue weighted by Crippen LogP contribution is -2.40. The molecule has 0 saturated heterocycles. The van der Waals surface area contributed by atoms with Crippen LogP contribution in [0.2, 0.25) is 0 Å². The van der Waals surface area contributed by atoms with Crippen LogP contribution in [0, 0.1) is 5.92 Å². The molecule has 1 aromatic heterocycles. The number of hydrogen-bond acceptors (Lipinski definition) is 4. The van der Waals surface area contributed by atoms with Gasteiger partial charge in [-0.1, -0.05) is 35.5 Å². The summed E-state index contributed by atoms with van der Waals surface area (Å²) in [6.07, 6.45) is 2.29. The van der Waals surface area contributed by atoms with Gasteiger partial charge in [0.05, 0.1) is 7.11 Å². The molecule has 5 heteroatoms. The number of amides is 1. The zero-order valence-electron chi connectivity index (χ0n) is 15.5. The van der Waals surface area contributed by atoms with Gasteiger partial charge in [-0.25, -0.2) is 0 Å². The number of benzene rings is 2. The third-order valence-corrected chi connectivity index (χ3v) is 5.07. The predicted octanol–water partition coefficient (Wildman–Crippen LogP) is 4.80. The molecular formula is C22H22N2O3. The van der Waals surface area contributed by atoms with E-state index in [2.05, 4.69) is 12.1 Å². The molecule has 1 unspecified atom stereocenters. The van der Waals surface area contributed by atoms with Crippen molar-refractivity contribution in [1.82, 2.24) is 5.16 Å². The van der Waals surface area contributed by atoms with Gasteiger partial charge in [0.2, 0.25) is 5.76 Å². The van der Waals surface area contributed by atoms with Crippen molar-refractivity contribution in [3.8, 4) is 17.0 Å². The fourth-order valence-corrected chi connectivity index (χ4v) is 3.31. The summed E-state index contributed by atoms with van der Waals surface area (Å²) in [5.74, 6) is 1.36. The van der Waals surface area contributed by atoms with E-state index in [1.54, 1.807) is 13.2 Å². The second kappa shape index (κ2) is 7.27. The SMILES string of the molecule is COc1ccc(N(C(=O)c2cc(-c3ccccc3)no2)C(C)C2CC2)cc1. The van der Waals surface area contributed by atoms with E-state index in [0.29, 0.717) is 11.6 Å². The normalized spacial score (nSPS) is 14.6. The number of hydrogen-bond donors (Lipinski definition) is 0. The summed E-state index contributed by atoms with van der Waals surface area (Å²) in [5.41, 5.74) is 2.41. The molecule has 0 bridgehead atoms. The minimum Gasteiger partial charge on any atom is -0.497 e. The fraction of sp³-hybridized carbons (Fsp3) is 0.273. The van der Waals surface area contributed by atoms with Crippen molar-refractivity contribution in [1.29, 1.82) is 0 Å². The molecule has 1 fully saturated rings. The summed E-state index contributed by atoms with van der Waals surface area (Å²) >= 11 is 0. The first-order valence-corrected chi connectivity index (χ1v) is 9.17. The highest BCUT2D eigenvalue weighted by atomic mass is 16.5. The van der Waals surface area contributed by atoms with E-state index in [9.17, 15) is 4.79 Å². The minimum atomic E-state index is -0.172. The smallest absolute Gasteiger partial charge is 0.297 e. The number of rotatable bonds is 6. The van der Waals surface area contributed by atoms with Crippen LogP contribution in [0.4, 0.5) is 5.69 Å². The van der Waals surface area contributed by atoms with E-state index >= 15 is 0 Å². The second-order valence-corrected chi connectivity index (χ2v) is 6.89. The maximum absolute atomic E-state index is 13.3. The molecule has 2 aromatic carbocycles. The van der Waals surface area contributed by atoms with Crippen molar-refractivity contribution in [3.63, 3.8) is 0 Å². The molecule has 5 nitrogen and oxygen atoms in total. The molecule has 0 N–H and O–H groups in total. The second-order valence-electron chi connectivity index (χ2n) is 6.89. The zero-order chi connectivity index (χ0) is 18.8. The summed E-state index contributed by atoms with van der Waals surface area (Å²) in [4.78, 5) is 15.1. The Balaban J connectivity index is 1.65. The lowest BCUT2D eigenvalue weighted by atomic mass is 10.1. The van der Waals surface area contributed by atoms with Crippen molar-refractivity contribution in [2.24, 2.45) is 5.92 Å². The minimum absolute atomic E-state index is 0.0937. The maximum Gasteiger partial charge on any atom is 0.297 e. The number of aromatic nitrogens is 1. The lowest BCUT2D eigenvalue weighted by Gasteiger charge is -2.28. The predicted molar refractivity (Wildman–Crippen MR) is 104 cm³/mol.